The molecule has 1 aromatic heterocycles. The van der Waals surface area contributed by atoms with Crippen LogP contribution in [0.5, 0.6) is 0 Å². The van der Waals surface area contributed by atoms with E-state index in [1.54, 1.807) is 11.0 Å². The number of fused-ring (bicyclic) bond motifs is 1. The molecule has 6 heteroatoms. The number of para-hydroxylation sites is 1. The number of nitrogens with two attached hydrogens (primary N) is 1. The maximum Gasteiger partial charge on any atom is 0.289 e. The molecule has 0 saturated carbocycles. The standard InChI is InChI=1S/C21H25N3O3/c1-21(2)13-23(9-7-17(21)22)20(26)19-15(8-10-27-19)12-24-16-6-4-3-5-14(16)11-18(24)25/h3-6,8,10,17H,7,9,11-13,22H2,1-2H3. The lowest BCUT2D eigenvalue weighted by Crippen LogP contribution is -2.54. The molecule has 1 saturated heterocycles. The molecule has 1 fully saturated rings. The Labute approximate surface area is 158 Å². The smallest absolute Gasteiger partial charge is 0.289 e. The van der Waals surface area contributed by atoms with Crippen molar-refractivity contribution in [3.05, 3.63) is 53.5 Å². The molecule has 1 atom stereocenters. The summed E-state index contributed by atoms with van der Waals surface area (Å²) < 4.78 is 5.55. The number of piperidine rings is 1. The van der Waals surface area contributed by atoms with Crippen LogP contribution in [0.1, 0.15) is 41.9 Å². The second-order valence-electron chi connectivity index (χ2n) is 8.17. The van der Waals surface area contributed by atoms with Gasteiger partial charge in [-0.2, -0.15) is 0 Å². The van der Waals surface area contributed by atoms with Crippen molar-refractivity contribution >= 4 is 17.5 Å². The minimum Gasteiger partial charge on any atom is -0.459 e. The number of furan rings is 1. The largest absolute Gasteiger partial charge is 0.459 e. The van der Waals surface area contributed by atoms with Gasteiger partial charge in [0.1, 0.15) is 0 Å². The molecule has 0 bridgehead atoms. The van der Waals surface area contributed by atoms with E-state index < -0.39 is 0 Å². The van der Waals surface area contributed by atoms with Gasteiger partial charge < -0.3 is 20.0 Å². The van der Waals surface area contributed by atoms with Gasteiger partial charge in [0.2, 0.25) is 5.91 Å². The second kappa shape index (κ2) is 6.53. The van der Waals surface area contributed by atoms with Gasteiger partial charge in [-0.05, 0) is 29.5 Å². The Morgan fingerprint density at radius 1 is 1.30 bits per heavy atom. The number of hydrogen-bond acceptors (Lipinski definition) is 4. The summed E-state index contributed by atoms with van der Waals surface area (Å²) in [5.41, 5.74) is 8.72. The Kier molecular flexibility index (Phi) is 4.30. The molecular formula is C21H25N3O3. The summed E-state index contributed by atoms with van der Waals surface area (Å²) in [5, 5.41) is 0. The number of amides is 2. The van der Waals surface area contributed by atoms with E-state index >= 15 is 0 Å². The number of hydrogen-bond donors (Lipinski definition) is 1. The van der Waals surface area contributed by atoms with Gasteiger partial charge in [0.15, 0.2) is 5.76 Å². The van der Waals surface area contributed by atoms with Gasteiger partial charge in [0, 0.05) is 30.4 Å². The van der Waals surface area contributed by atoms with Gasteiger partial charge in [-0.1, -0.05) is 32.0 Å². The van der Waals surface area contributed by atoms with Crippen LogP contribution >= 0.6 is 0 Å². The second-order valence-corrected chi connectivity index (χ2v) is 8.17. The van der Waals surface area contributed by atoms with Crippen LogP contribution < -0.4 is 10.6 Å². The molecule has 2 aliphatic rings. The fourth-order valence-corrected chi connectivity index (χ4v) is 4.00. The fraction of sp³-hybridized carbons (Fsp3) is 0.429. The van der Waals surface area contributed by atoms with E-state index in [1.807, 2.05) is 29.2 Å². The van der Waals surface area contributed by atoms with Crippen LogP contribution in [0.15, 0.2) is 41.0 Å². The summed E-state index contributed by atoms with van der Waals surface area (Å²) in [4.78, 5) is 29.1. The van der Waals surface area contributed by atoms with Gasteiger partial charge in [-0.3, -0.25) is 9.59 Å². The van der Waals surface area contributed by atoms with E-state index in [0.29, 0.717) is 31.8 Å². The Bertz CT molecular complexity index is 886. The van der Waals surface area contributed by atoms with Crippen molar-refractivity contribution in [1.29, 1.82) is 0 Å². The number of anilines is 1. The third kappa shape index (κ3) is 3.14. The van der Waals surface area contributed by atoms with Crippen molar-refractivity contribution in [2.45, 2.75) is 39.3 Å². The van der Waals surface area contributed by atoms with Crippen LogP contribution in [0.2, 0.25) is 0 Å². The molecule has 0 radical (unpaired) electrons. The van der Waals surface area contributed by atoms with Gasteiger partial charge in [-0.15, -0.1) is 0 Å². The van der Waals surface area contributed by atoms with Crippen LogP contribution in [0, 0.1) is 5.41 Å². The first-order valence-electron chi connectivity index (χ1n) is 9.36. The Morgan fingerprint density at radius 3 is 2.85 bits per heavy atom. The minimum absolute atomic E-state index is 0.0425. The highest BCUT2D eigenvalue weighted by atomic mass is 16.3. The van der Waals surface area contributed by atoms with Crippen molar-refractivity contribution in [2.75, 3.05) is 18.0 Å². The SMILES string of the molecule is CC1(C)CN(C(=O)c2occc2CN2C(=O)Cc3ccccc32)CCC1N. The maximum atomic E-state index is 13.1. The first-order chi connectivity index (χ1) is 12.9. The van der Waals surface area contributed by atoms with Gasteiger partial charge in [0.25, 0.3) is 5.91 Å². The summed E-state index contributed by atoms with van der Waals surface area (Å²) in [5.74, 6) is 0.231. The van der Waals surface area contributed by atoms with E-state index in [-0.39, 0.29) is 23.3 Å². The first kappa shape index (κ1) is 17.8. The quantitative estimate of drug-likeness (QED) is 0.904. The zero-order valence-corrected chi connectivity index (χ0v) is 15.8. The van der Waals surface area contributed by atoms with Gasteiger partial charge >= 0.3 is 0 Å². The molecular weight excluding hydrogens is 342 g/mol. The zero-order chi connectivity index (χ0) is 19.2. The lowest BCUT2D eigenvalue weighted by molar-refractivity contribution is -0.117. The van der Waals surface area contributed by atoms with E-state index in [9.17, 15) is 9.59 Å². The molecule has 6 nitrogen and oxygen atoms in total. The number of carbonyl (C=O) groups is 2. The van der Waals surface area contributed by atoms with Gasteiger partial charge in [-0.25, -0.2) is 0 Å². The third-order valence-corrected chi connectivity index (χ3v) is 5.79. The molecule has 2 N–H and O–H groups in total. The van der Waals surface area contributed by atoms with Crippen molar-refractivity contribution in [1.82, 2.24) is 4.90 Å². The van der Waals surface area contributed by atoms with Crippen LogP contribution in [0.3, 0.4) is 0 Å². The Hall–Kier alpha value is -2.60. The fourth-order valence-electron chi connectivity index (χ4n) is 4.00. The lowest BCUT2D eigenvalue weighted by atomic mass is 9.79. The monoisotopic (exact) mass is 367 g/mol. The number of likely N-dealkylation sites (tertiary alicyclic amines) is 1. The highest BCUT2D eigenvalue weighted by molar-refractivity contribution is 6.01. The molecule has 1 unspecified atom stereocenters. The lowest BCUT2D eigenvalue weighted by Gasteiger charge is -2.42. The van der Waals surface area contributed by atoms with Crippen molar-refractivity contribution < 1.29 is 14.0 Å². The predicted molar refractivity (Wildman–Crippen MR) is 102 cm³/mol. The topological polar surface area (TPSA) is 79.8 Å². The van der Waals surface area contributed by atoms with Crippen molar-refractivity contribution in [3.63, 3.8) is 0 Å². The Morgan fingerprint density at radius 2 is 2.07 bits per heavy atom. The van der Waals surface area contributed by atoms with Crippen molar-refractivity contribution in [3.8, 4) is 0 Å². The number of nitrogens with zero attached hydrogens (tertiary/aromatic N) is 2. The predicted octanol–water partition coefficient (Wildman–Crippen LogP) is 2.57. The molecule has 2 amide bonds. The number of carbonyl (C=O) groups excluding carboxylic acids is 2. The normalized spacial score (nSPS) is 21.4. The molecule has 0 aliphatic carbocycles. The van der Waals surface area contributed by atoms with Crippen LogP contribution in [-0.2, 0) is 17.8 Å². The van der Waals surface area contributed by atoms with E-state index in [1.165, 1.54) is 6.26 Å². The van der Waals surface area contributed by atoms with Crippen LogP contribution in [0.25, 0.3) is 0 Å². The number of rotatable bonds is 3. The summed E-state index contributed by atoms with van der Waals surface area (Å²) in [6, 6.07) is 9.62. The molecule has 4 rings (SSSR count). The summed E-state index contributed by atoms with van der Waals surface area (Å²) in [6.07, 6.45) is 2.69. The molecule has 2 aromatic rings. The van der Waals surface area contributed by atoms with E-state index in [0.717, 1.165) is 23.2 Å². The minimum atomic E-state index is -0.134. The van der Waals surface area contributed by atoms with E-state index in [2.05, 4.69) is 13.8 Å². The van der Waals surface area contributed by atoms with Crippen LogP contribution in [0.4, 0.5) is 5.69 Å². The first-order valence-corrected chi connectivity index (χ1v) is 9.36. The molecule has 0 spiro atoms. The third-order valence-electron chi connectivity index (χ3n) is 5.79. The maximum absolute atomic E-state index is 13.1. The average Bonchev–Trinajstić information content (AvgIpc) is 3.22. The summed E-state index contributed by atoms with van der Waals surface area (Å²) >= 11 is 0. The molecule has 1 aromatic carbocycles. The molecule has 142 valence electrons. The van der Waals surface area contributed by atoms with Crippen molar-refractivity contribution in [2.24, 2.45) is 11.1 Å². The molecule has 27 heavy (non-hydrogen) atoms. The van der Waals surface area contributed by atoms with Gasteiger partial charge in [0.05, 0.1) is 19.2 Å². The van der Waals surface area contributed by atoms with E-state index in [4.69, 9.17) is 10.2 Å². The zero-order valence-electron chi connectivity index (χ0n) is 15.8. The average molecular weight is 367 g/mol. The summed E-state index contributed by atoms with van der Waals surface area (Å²) in [6.45, 7) is 5.72. The van der Waals surface area contributed by atoms with Crippen LogP contribution in [-0.4, -0.2) is 35.8 Å². The highest BCUT2D eigenvalue weighted by Crippen LogP contribution is 2.32. The number of benzene rings is 1. The highest BCUT2D eigenvalue weighted by Gasteiger charge is 2.37. The Balaban J connectivity index is 1.55. The summed E-state index contributed by atoms with van der Waals surface area (Å²) in [7, 11) is 0. The molecule has 3 heterocycles. The molecule has 2 aliphatic heterocycles.